The third-order valence-corrected chi connectivity index (χ3v) is 2.32. The van der Waals surface area contributed by atoms with E-state index >= 15 is 0 Å². The predicted octanol–water partition coefficient (Wildman–Crippen LogP) is 0.813. The fraction of sp³-hybridized carbons (Fsp3) is 0.900. The second kappa shape index (κ2) is 6.77. The summed E-state index contributed by atoms with van der Waals surface area (Å²) >= 11 is 0. The van der Waals surface area contributed by atoms with Crippen molar-refractivity contribution in [1.82, 2.24) is 0 Å². The predicted molar refractivity (Wildman–Crippen MR) is 52.6 cm³/mol. The number of rotatable bonds is 5. The van der Waals surface area contributed by atoms with E-state index in [4.69, 9.17) is 20.5 Å². The smallest absolute Gasteiger partial charge is 0.0950 e. The van der Waals surface area contributed by atoms with Gasteiger partial charge in [0.1, 0.15) is 0 Å². The van der Waals surface area contributed by atoms with E-state index < -0.39 is 6.04 Å². The molecule has 0 bridgehead atoms. The highest BCUT2D eigenvalue weighted by Gasteiger charge is 2.13. The van der Waals surface area contributed by atoms with Crippen molar-refractivity contribution >= 4 is 0 Å². The van der Waals surface area contributed by atoms with E-state index in [1.165, 1.54) is 6.42 Å². The van der Waals surface area contributed by atoms with E-state index in [1.807, 2.05) is 6.07 Å². The second-order valence-corrected chi connectivity index (χ2v) is 3.59. The number of ether oxygens (including phenoxy) is 2. The average Bonchev–Trinajstić information content (AvgIpc) is 2.25. The summed E-state index contributed by atoms with van der Waals surface area (Å²) in [4.78, 5) is 0. The maximum absolute atomic E-state index is 8.43. The molecule has 2 N–H and O–H groups in total. The SMILES string of the molecule is N#CC(N)CCOCC1CCCCO1. The Morgan fingerprint density at radius 2 is 2.43 bits per heavy atom. The Labute approximate surface area is 85.0 Å². The Balaban J connectivity index is 1.95. The van der Waals surface area contributed by atoms with E-state index in [0.717, 1.165) is 19.4 Å². The summed E-state index contributed by atoms with van der Waals surface area (Å²) in [5.74, 6) is 0. The topological polar surface area (TPSA) is 68.3 Å². The highest BCUT2D eigenvalue weighted by molar-refractivity contribution is 4.85. The van der Waals surface area contributed by atoms with Crippen LogP contribution in [0, 0.1) is 11.3 Å². The first-order chi connectivity index (χ1) is 6.83. The summed E-state index contributed by atoms with van der Waals surface area (Å²) in [7, 11) is 0. The molecule has 1 rings (SSSR count). The van der Waals surface area contributed by atoms with Crippen LogP contribution in [0.3, 0.4) is 0 Å². The van der Waals surface area contributed by atoms with Gasteiger partial charge in [-0.3, -0.25) is 0 Å². The molecule has 1 saturated heterocycles. The van der Waals surface area contributed by atoms with E-state index in [-0.39, 0.29) is 6.10 Å². The first-order valence-corrected chi connectivity index (χ1v) is 5.17. The molecule has 0 aliphatic carbocycles. The molecule has 0 aromatic heterocycles. The first-order valence-electron chi connectivity index (χ1n) is 5.17. The number of nitrogens with zero attached hydrogens (tertiary/aromatic N) is 1. The van der Waals surface area contributed by atoms with Crippen LogP contribution in [0.2, 0.25) is 0 Å². The molecule has 4 nitrogen and oxygen atoms in total. The van der Waals surface area contributed by atoms with Crippen molar-refractivity contribution in [2.75, 3.05) is 19.8 Å². The molecule has 1 aliphatic heterocycles. The first kappa shape index (κ1) is 11.4. The molecule has 2 unspecified atom stereocenters. The highest BCUT2D eigenvalue weighted by Crippen LogP contribution is 2.12. The lowest BCUT2D eigenvalue weighted by Gasteiger charge is -2.22. The van der Waals surface area contributed by atoms with Crippen LogP contribution in [-0.2, 0) is 9.47 Å². The quantitative estimate of drug-likeness (QED) is 0.664. The third kappa shape index (κ3) is 4.56. The van der Waals surface area contributed by atoms with E-state index in [2.05, 4.69) is 0 Å². The molecule has 2 atom stereocenters. The summed E-state index contributed by atoms with van der Waals surface area (Å²) in [6, 6.07) is 1.57. The second-order valence-electron chi connectivity index (χ2n) is 3.59. The summed E-state index contributed by atoms with van der Waals surface area (Å²) in [6.07, 6.45) is 4.33. The molecular weight excluding hydrogens is 180 g/mol. The van der Waals surface area contributed by atoms with Gasteiger partial charge in [0, 0.05) is 13.2 Å². The van der Waals surface area contributed by atoms with Crippen molar-refractivity contribution in [2.45, 2.75) is 37.8 Å². The average molecular weight is 198 g/mol. The van der Waals surface area contributed by atoms with Crippen LogP contribution >= 0.6 is 0 Å². The van der Waals surface area contributed by atoms with Crippen molar-refractivity contribution in [1.29, 1.82) is 5.26 Å². The summed E-state index contributed by atoms with van der Waals surface area (Å²) in [5.41, 5.74) is 5.42. The van der Waals surface area contributed by atoms with Crippen molar-refractivity contribution in [2.24, 2.45) is 5.73 Å². The van der Waals surface area contributed by atoms with Gasteiger partial charge in [0.15, 0.2) is 0 Å². The Kier molecular flexibility index (Phi) is 5.53. The molecule has 1 aliphatic rings. The molecule has 0 radical (unpaired) electrons. The van der Waals surface area contributed by atoms with Crippen LogP contribution in [0.25, 0.3) is 0 Å². The van der Waals surface area contributed by atoms with Crippen LogP contribution < -0.4 is 5.73 Å². The summed E-state index contributed by atoms with van der Waals surface area (Å²) in [5, 5.41) is 8.43. The molecule has 0 aromatic rings. The molecule has 0 aromatic carbocycles. The van der Waals surface area contributed by atoms with Gasteiger partial charge < -0.3 is 15.2 Å². The lowest BCUT2D eigenvalue weighted by Crippen LogP contribution is -2.26. The van der Waals surface area contributed by atoms with Crippen LogP contribution in [0.4, 0.5) is 0 Å². The maximum Gasteiger partial charge on any atom is 0.0950 e. The highest BCUT2D eigenvalue weighted by atomic mass is 16.5. The fourth-order valence-corrected chi connectivity index (χ4v) is 1.43. The Hall–Kier alpha value is -0.630. The standard InChI is InChI=1S/C10H18N2O2/c11-7-9(12)4-6-13-8-10-3-1-2-5-14-10/h9-10H,1-6,8,12H2. The molecule has 4 heteroatoms. The maximum atomic E-state index is 8.43. The minimum atomic E-state index is -0.401. The minimum Gasteiger partial charge on any atom is -0.379 e. The molecule has 80 valence electrons. The third-order valence-electron chi connectivity index (χ3n) is 2.32. The van der Waals surface area contributed by atoms with Gasteiger partial charge in [-0.2, -0.15) is 5.26 Å². The molecule has 0 spiro atoms. The van der Waals surface area contributed by atoms with Gasteiger partial charge in [0.05, 0.1) is 24.8 Å². The van der Waals surface area contributed by atoms with Crippen LogP contribution in [0.1, 0.15) is 25.7 Å². The number of hydrogen-bond acceptors (Lipinski definition) is 4. The van der Waals surface area contributed by atoms with Gasteiger partial charge in [0.25, 0.3) is 0 Å². The van der Waals surface area contributed by atoms with E-state index in [0.29, 0.717) is 19.6 Å². The molecule has 1 fully saturated rings. The Bertz CT molecular complexity index is 185. The monoisotopic (exact) mass is 198 g/mol. The summed E-state index contributed by atoms with van der Waals surface area (Å²) in [6.45, 7) is 2.04. The summed E-state index contributed by atoms with van der Waals surface area (Å²) < 4.78 is 10.9. The largest absolute Gasteiger partial charge is 0.379 e. The normalized spacial score (nSPS) is 24.1. The zero-order valence-corrected chi connectivity index (χ0v) is 8.45. The zero-order valence-electron chi connectivity index (χ0n) is 8.45. The van der Waals surface area contributed by atoms with Crippen molar-refractivity contribution in [3.05, 3.63) is 0 Å². The number of nitriles is 1. The van der Waals surface area contributed by atoms with Gasteiger partial charge in [-0.15, -0.1) is 0 Å². The van der Waals surface area contributed by atoms with Gasteiger partial charge >= 0.3 is 0 Å². The Morgan fingerprint density at radius 1 is 1.57 bits per heavy atom. The van der Waals surface area contributed by atoms with E-state index in [1.54, 1.807) is 0 Å². The van der Waals surface area contributed by atoms with Crippen LogP contribution in [0.15, 0.2) is 0 Å². The molecule has 0 saturated carbocycles. The van der Waals surface area contributed by atoms with Crippen LogP contribution in [0.5, 0.6) is 0 Å². The number of hydrogen-bond donors (Lipinski definition) is 1. The van der Waals surface area contributed by atoms with Crippen molar-refractivity contribution in [3.63, 3.8) is 0 Å². The fourth-order valence-electron chi connectivity index (χ4n) is 1.43. The molecule has 1 heterocycles. The zero-order chi connectivity index (χ0) is 10.2. The van der Waals surface area contributed by atoms with Crippen molar-refractivity contribution < 1.29 is 9.47 Å². The lowest BCUT2D eigenvalue weighted by atomic mass is 10.1. The van der Waals surface area contributed by atoms with Gasteiger partial charge in [-0.05, 0) is 25.7 Å². The van der Waals surface area contributed by atoms with Crippen molar-refractivity contribution in [3.8, 4) is 6.07 Å². The Morgan fingerprint density at radius 3 is 3.07 bits per heavy atom. The lowest BCUT2D eigenvalue weighted by molar-refractivity contribution is -0.0411. The van der Waals surface area contributed by atoms with Crippen LogP contribution in [-0.4, -0.2) is 32.0 Å². The van der Waals surface area contributed by atoms with E-state index in [9.17, 15) is 0 Å². The minimum absolute atomic E-state index is 0.252. The molecular formula is C10H18N2O2. The number of nitrogens with two attached hydrogens (primary N) is 1. The van der Waals surface area contributed by atoms with Gasteiger partial charge in [0.2, 0.25) is 0 Å². The van der Waals surface area contributed by atoms with Gasteiger partial charge in [-0.1, -0.05) is 0 Å². The molecule has 14 heavy (non-hydrogen) atoms. The van der Waals surface area contributed by atoms with Gasteiger partial charge in [-0.25, -0.2) is 0 Å². The molecule has 0 amide bonds.